The summed E-state index contributed by atoms with van der Waals surface area (Å²) in [6.07, 6.45) is 36.7. The van der Waals surface area contributed by atoms with Crippen molar-refractivity contribution in [3.63, 3.8) is 0 Å². The van der Waals surface area contributed by atoms with Gasteiger partial charge in [-0.05, 0) is 75.4 Å². The summed E-state index contributed by atoms with van der Waals surface area (Å²) in [5, 5.41) is 19.8. The van der Waals surface area contributed by atoms with Crippen LogP contribution in [0.15, 0.2) is 131 Å². The van der Waals surface area contributed by atoms with Gasteiger partial charge in [-0.2, -0.15) is 0 Å². The number of rotatable bonds is 10. The quantitative estimate of drug-likeness (QED) is 0.271. The van der Waals surface area contributed by atoms with E-state index in [1.807, 2.05) is 0 Å². The Labute approximate surface area is 244 Å². The van der Waals surface area contributed by atoms with Gasteiger partial charge in [-0.3, -0.25) is 0 Å². The lowest BCUT2D eigenvalue weighted by molar-refractivity contribution is 0.120. The van der Waals surface area contributed by atoms with Crippen molar-refractivity contribution in [1.29, 1.82) is 0 Å². The van der Waals surface area contributed by atoms with Gasteiger partial charge in [0.05, 0.1) is 12.2 Å². The zero-order chi connectivity index (χ0) is 29.8. The summed E-state index contributed by atoms with van der Waals surface area (Å²) in [7, 11) is 0. The van der Waals surface area contributed by atoms with Crippen molar-refractivity contribution in [1.82, 2.24) is 0 Å². The molecule has 0 bridgehead atoms. The molecular formula is C38H52O2. The zero-order valence-electron chi connectivity index (χ0n) is 26.1. The predicted octanol–water partition coefficient (Wildman–Crippen LogP) is 9.77. The van der Waals surface area contributed by atoms with E-state index in [4.69, 9.17) is 0 Å². The molecule has 216 valence electrons. The van der Waals surface area contributed by atoms with E-state index in [2.05, 4.69) is 153 Å². The molecule has 0 aromatic carbocycles. The van der Waals surface area contributed by atoms with Crippen LogP contribution in [0.5, 0.6) is 0 Å². The van der Waals surface area contributed by atoms with Gasteiger partial charge in [-0.1, -0.05) is 147 Å². The predicted molar refractivity (Wildman–Crippen MR) is 175 cm³/mol. The van der Waals surface area contributed by atoms with Gasteiger partial charge in [-0.15, -0.1) is 0 Å². The Balaban J connectivity index is 1.85. The van der Waals surface area contributed by atoms with E-state index >= 15 is 0 Å². The highest BCUT2D eigenvalue weighted by atomic mass is 16.3. The van der Waals surface area contributed by atoms with Crippen molar-refractivity contribution < 1.29 is 10.2 Å². The van der Waals surface area contributed by atoms with Gasteiger partial charge >= 0.3 is 0 Å². The maximum Gasteiger partial charge on any atom is 0.0583 e. The summed E-state index contributed by atoms with van der Waals surface area (Å²) < 4.78 is 0. The number of aliphatic hydroxyl groups is 2. The topological polar surface area (TPSA) is 40.5 Å². The van der Waals surface area contributed by atoms with Crippen LogP contribution in [0.2, 0.25) is 0 Å². The third-order valence-electron chi connectivity index (χ3n) is 7.59. The van der Waals surface area contributed by atoms with Crippen LogP contribution < -0.4 is 0 Å². The number of hydrogen-bond donors (Lipinski definition) is 2. The Morgan fingerprint density at radius 1 is 0.575 bits per heavy atom. The van der Waals surface area contributed by atoms with Crippen LogP contribution in [0.3, 0.4) is 0 Å². The largest absolute Gasteiger partial charge is 0.393 e. The molecule has 40 heavy (non-hydrogen) atoms. The summed E-state index contributed by atoms with van der Waals surface area (Å²) >= 11 is 0. The first-order valence-corrected chi connectivity index (χ1v) is 14.6. The molecule has 0 radical (unpaired) electrons. The molecule has 0 unspecified atom stereocenters. The number of allylic oxidation sites excluding steroid dienone is 20. The molecule has 2 rings (SSSR count). The van der Waals surface area contributed by atoms with Crippen LogP contribution in [0.4, 0.5) is 0 Å². The van der Waals surface area contributed by atoms with Crippen molar-refractivity contribution in [3.8, 4) is 0 Å². The molecule has 0 amide bonds. The van der Waals surface area contributed by atoms with Crippen LogP contribution in [-0.4, -0.2) is 22.4 Å². The second kappa shape index (κ2) is 15.7. The molecule has 0 spiro atoms. The van der Waals surface area contributed by atoms with Gasteiger partial charge in [0.1, 0.15) is 0 Å². The van der Waals surface area contributed by atoms with Crippen molar-refractivity contribution in [2.24, 2.45) is 10.8 Å². The summed E-state index contributed by atoms with van der Waals surface area (Å²) in [4.78, 5) is 0. The number of hydrogen-bond acceptors (Lipinski definition) is 2. The van der Waals surface area contributed by atoms with E-state index in [1.165, 1.54) is 33.4 Å². The first-order valence-electron chi connectivity index (χ1n) is 14.6. The lowest BCUT2D eigenvalue weighted by atomic mass is 9.74. The Morgan fingerprint density at radius 3 is 1.25 bits per heavy atom. The van der Waals surface area contributed by atoms with E-state index in [0.717, 1.165) is 25.7 Å². The number of aliphatic hydroxyl groups excluding tert-OH is 2. The van der Waals surface area contributed by atoms with Crippen LogP contribution >= 0.6 is 0 Å². The molecule has 2 nitrogen and oxygen atoms in total. The second-order valence-electron chi connectivity index (χ2n) is 12.7. The lowest BCUT2D eigenvalue weighted by Crippen LogP contribution is -2.26. The molecule has 0 saturated carbocycles. The molecule has 0 fully saturated rings. The third kappa shape index (κ3) is 12.1. The van der Waals surface area contributed by atoms with Gasteiger partial charge in [0, 0.05) is 0 Å². The molecule has 0 heterocycles. The molecule has 2 heteroatoms. The van der Waals surface area contributed by atoms with E-state index < -0.39 is 0 Å². The fourth-order valence-corrected chi connectivity index (χ4v) is 5.03. The van der Waals surface area contributed by atoms with Crippen LogP contribution in [-0.2, 0) is 0 Å². The Morgan fingerprint density at radius 2 is 0.900 bits per heavy atom. The van der Waals surface area contributed by atoms with Crippen LogP contribution in [0.25, 0.3) is 0 Å². The lowest BCUT2D eigenvalue weighted by Gasteiger charge is -2.33. The first-order chi connectivity index (χ1) is 18.8. The SMILES string of the molecule is CC(C=CC=C(C)C=CC1=CC[C@@H](O)CC1(C)C)=CC=CC=C(C)C=CC=C(C)C=CC1=CC[C@H](O)CC1(C)C. The van der Waals surface area contributed by atoms with Gasteiger partial charge in [0.2, 0.25) is 0 Å². The highest BCUT2D eigenvalue weighted by Gasteiger charge is 2.29. The van der Waals surface area contributed by atoms with E-state index in [9.17, 15) is 10.2 Å². The highest BCUT2D eigenvalue weighted by molar-refractivity contribution is 5.36. The van der Waals surface area contributed by atoms with Gasteiger partial charge < -0.3 is 10.2 Å². The summed E-state index contributed by atoms with van der Waals surface area (Å²) in [5.41, 5.74) is 7.40. The van der Waals surface area contributed by atoms with Crippen LogP contribution in [0, 0.1) is 10.8 Å². The van der Waals surface area contributed by atoms with Crippen molar-refractivity contribution >= 4 is 0 Å². The van der Waals surface area contributed by atoms with Crippen molar-refractivity contribution in [2.75, 3.05) is 0 Å². The zero-order valence-corrected chi connectivity index (χ0v) is 26.1. The summed E-state index contributed by atoms with van der Waals surface area (Å²) in [5.74, 6) is 0. The maximum absolute atomic E-state index is 9.92. The monoisotopic (exact) mass is 540 g/mol. The normalized spacial score (nSPS) is 25.1. The molecule has 0 saturated heterocycles. The van der Waals surface area contributed by atoms with Gasteiger partial charge in [0.25, 0.3) is 0 Å². The molecule has 0 aromatic heterocycles. The van der Waals surface area contributed by atoms with E-state index in [0.29, 0.717) is 0 Å². The van der Waals surface area contributed by atoms with Crippen molar-refractivity contribution in [3.05, 3.63) is 131 Å². The Bertz CT molecular complexity index is 1100. The summed E-state index contributed by atoms with van der Waals surface area (Å²) in [6.45, 7) is 17.2. The fourth-order valence-electron chi connectivity index (χ4n) is 5.03. The van der Waals surface area contributed by atoms with Gasteiger partial charge in [0.15, 0.2) is 0 Å². The fraction of sp³-hybridized carbons (Fsp3) is 0.421. The molecule has 2 aliphatic carbocycles. The molecule has 0 aromatic rings. The third-order valence-corrected chi connectivity index (χ3v) is 7.59. The summed E-state index contributed by atoms with van der Waals surface area (Å²) in [6, 6.07) is 0. The smallest absolute Gasteiger partial charge is 0.0583 e. The first kappa shape index (κ1) is 33.3. The Hall–Kier alpha value is -2.94. The molecule has 2 aliphatic rings. The maximum atomic E-state index is 9.92. The Kier molecular flexibility index (Phi) is 13.1. The molecular weight excluding hydrogens is 488 g/mol. The second-order valence-corrected chi connectivity index (χ2v) is 12.7. The van der Waals surface area contributed by atoms with Crippen LogP contribution in [0.1, 0.15) is 81.1 Å². The average molecular weight is 541 g/mol. The average Bonchev–Trinajstić information content (AvgIpc) is 2.84. The van der Waals surface area contributed by atoms with E-state index in [1.54, 1.807) is 0 Å². The minimum atomic E-state index is -0.221. The van der Waals surface area contributed by atoms with Gasteiger partial charge in [-0.25, -0.2) is 0 Å². The minimum Gasteiger partial charge on any atom is -0.393 e. The minimum absolute atomic E-state index is 0.0160. The standard InChI is InChI=1S/C38H52O2/c1-29(15-11-17-31(3)19-21-33-23-25-35(39)27-37(33,5)6)13-9-10-14-30(2)16-12-18-32(4)20-22-34-24-26-36(40)28-38(34,7)8/h9-24,35-36,39-40H,25-28H2,1-8H3/t35-,36+. The highest BCUT2D eigenvalue weighted by Crippen LogP contribution is 2.38. The molecule has 0 aliphatic heterocycles. The van der Waals surface area contributed by atoms with E-state index in [-0.39, 0.29) is 23.0 Å². The molecule has 2 N–H and O–H groups in total. The molecule has 2 atom stereocenters. The van der Waals surface area contributed by atoms with Crippen molar-refractivity contribution in [2.45, 2.75) is 93.3 Å².